The molecule has 1 saturated heterocycles. The number of nitrogens with zero attached hydrogens (tertiary/aromatic N) is 2. The Kier molecular flexibility index (Phi) is 4.48. The van der Waals surface area contributed by atoms with Gasteiger partial charge in [0.2, 0.25) is 0 Å². The molecule has 2 aliphatic rings. The van der Waals surface area contributed by atoms with Crippen LogP contribution < -0.4 is 0 Å². The lowest BCUT2D eigenvalue weighted by molar-refractivity contribution is 0.110. The summed E-state index contributed by atoms with van der Waals surface area (Å²) in [5.41, 5.74) is 2.31. The second-order valence-corrected chi connectivity index (χ2v) is 8.47. The molecule has 2 aromatic rings. The van der Waals surface area contributed by atoms with Crippen molar-refractivity contribution in [2.24, 2.45) is 0 Å². The molecule has 2 aromatic carbocycles. The van der Waals surface area contributed by atoms with Gasteiger partial charge >= 0.3 is 0 Å². The highest BCUT2D eigenvalue weighted by molar-refractivity contribution is 7.85. The molecule has 2 unspecified atom stereocenters. The summed E-state index contributed by atoms with van der Waals surface area (Å²) in [6, 6.07) is 14.2. The van der Waals surface area contributed by atoms with Crippen LogP contribution in [0.1, 0.15) is 17.2 Å². The highest BCUT2D eigenvalue weighted by Gasteiger charge is 2.31. The zero-order valence-electron chi connectivity index (χ0n) is 13.7. The molecule has 0 N–H and O–H groups in total. The van der Waals surface area contributed by atoms with Crippen LogP contribution in [0.5, 0.6) is 0 Å². The van der Waals surface area contributed by atoms with Crippen molar-refractivity contribution >= 4 is 22.4 Å². The fourth-order valence-electron chi connectivity index (χ4n) is 3.70. The standard InChI is InChI=1S/C19H21ClN2OS/c1-21-8-10-22(11-9-21)17-12-14-4-2-3-5-18(14)24(23)19-7-6-15(20)13-16(17)19/h2-7,13,17H,8-12H2,1H3. The first-order valence-corrected chi connectivity index (χ1v) is 9.88. The molecule has 2 aliphatic heterocycles. The third-order valence-electron chi connectivity index (χ3n) is 5.09. The molecule has 0 bridgehead atoms. The zero-order chi connectivity index (χ0) is 16.7. The molecule has 4 rings (SSSR count). The molecule has 0 aromatic heterocycles. The average Bonchev–Trinajstić information content (AvgIpc) is 2.71. The van der Waals surface area contributed by atoms with Gasteiger partial charge < -0.3 is 4.90 Å². The highest BCUT2D eigenvalue weighted by atomic mass is 35.5. The van der Waals surface area contributed by atoms with Crippen LogP contribution in [0.2, 0.25) is 5.02 Å². The van der Waals surface area contributed by atoms with Gasteiger partial charge in [-0.05, 0) is 48.9 Å². The summed E-state index contributed by atoms with van der Waals surface area (Å²) in [4.78, 5) is 6.73. The van der Waals surface area contributed by atoms with Crippen LogP contribution in [0.25, 0.3) is 0 Å². The van der Waals surface area contributed by atoms with Crippen LogP contribution in [-0.4, -0.2) is 47.2 Å². The molecule has 0 spiro atoms. The Morgan fingerprint density at radius 2 is 1.79 bits per heavy atom. The number of halogens is 1. The largest absolute Gasteiger partial charge is 0.304 e. The summed E-state index contributed by atoms with van der Waals surface area (Å²) in [6.07, 6.45) is 0.888. The van der Waals surface area contributed by atoms with Crippen molar-refractivity contribution in [1.82, 2.24) is 9.80 Å². The molecule has 5 heteroatoms. The number of hydrogen-bond acceptors (Lipinski definition) is 3. The first kappa shape index (κ1) is 16.3. The number of hydrogen-bond donors (Lipinski definition) is 0. The Hall–Kier alpha value is -1.20. The maximum Gasteiger partial charge on any atom is 0.0855 e. The van der Waals surface area contributed by atoms with Crippen molar-refractivity contribution in [3.8, 4) is 0 Å². The Morgan fingerprint density at radius 1 is 1.04 bits per heavy atom. The van der Waals surface area contributed by atoms with E-state index in [1.807, 2.05) is 36.4 Å². The van der Waals surface area contributed by atoms with Gasteiger partial charge in [-0.15, -0.1) is 0 Å². The van der Waals surface area contributed by atoms with E-state index in [1.165, 1.54) is 5.56 Å². The van der Waals surface area contributed by atoms with Gasteiger partial charge in [0.25, 0.3) is 0 Å². The number of rotatable bonds is 1. The van der Waals surface area contributed by atoms with Crippen LogP contribution in [-0.2, 0) is 17.2 Å². The molecule has 24 heavy (non-hydrogen) atoms. The Balaban J connectivity index is 1.82. The van der Waals surface area contributed by atoms with E-state index < -0.39 is 10.8 Å². The van der Waals surface area contributed by atoms with E-state index in [0.717, 1.165) is 53.0 Å². The van der Waals surface area contributed by atoms with Gasteiger partial charge in [0.1, 0.15) is 0 Å². The van der Waals surface area contributed by atoms with Crippen molar-refractivity contribution in [2.75, 3.05) is 33.2 Å². The van der Waals surface area contributed by atoms with E-state index in [2.05, 4.69) is 22.9 Å². The minimum Gasteiger partial charge on any atom is -0.304 e. The first-order valence-electron chi connectivity index (χ1n) is 8.35. The van der Waals surface area contributed by atoms with Crippen molar-refractivity contribution in [3.63, 3.8) is 0 Å². The third kappa shape index (κ3) is 2.93. The van der Waals surface area contributed by atoms with E-state index >= 15 is 0 Å². The summed E-state index contributed by atoms with van der Waals surface area (Å²) in [7, 11) is 1.02. The summed E-state index contributed by atoms with van der Waals surface area (Å²) < 4.78 is 13.2. The molecular formula is C19H21ClN2OS. The molecular weight excluding hydrogens is 340 g/mol. The van der Waals surface area contributed by atoms with Crippen LogP contribution in [0.15, 0.2) is 52.3 Å². The van der Waals surface area contributed by atoms with E-state index in [1.54, 1.807) is 0 Å². The summed E-state index contributed by atoms with van der Waals surface area (Å²) >= 11 is 6.29. The number of likely N-dealkylation sites (N-methyl/N-ethyl adjacent to an activating group) is 1. The van der Waals surface area contributed by atoms with Crippen molar-refractivity contribution < 1.29 is 4.21 Å². The van der Waals surface area contributed by atoms with Crippen LogP contribution >= 0.6 is 11.6 Å². The zero-order valence-corrected chi connectivity index (χ0v) is 15.3. The van der Waals surface area contributed by atoms with E-state index in [9.17, 15) is 4.21 Å². The van der Waals surface area contributed by atoms with Crippen LogP contribution in [0.4, 0.5) is 0 Å². The Morgan fingerprint density at radius 3 is 2.58 bits per heavy atom. The third-order valence-corrected chi connectivity index (χ3v) is 6.90. The molecule has 0 amide bonds. The smallest absolute Gasteiger partial charge is 0.0855 e. The molecule has 1 fully saturated rings. The molecule has 3 nitrogen and oxygen atoms in total. The van der Waals surface area contributed by atoms with E-state index in [0.29, 0.717) is 0 Å². The Bertz CT molecular complexity index is 787. The second-order valence-electron chi connectivity index (χ2n) is 6.62. The molecule has 0 radical (unpaired) electrons. The van der Waals surface area contributed by atoms with Crippen molar-refractivity contribution in [3.05, 3.63) is 58.6 Å². The SMILES string of the molecule is CN1CCN(C2Cc3ccccc3S(=O)c3ccc(Cl)cc32)CC1. The quantitative estimate of drug-likeness (QED) is 0.779. The lowest BCUT2D eigenvalue weighted by Gasteiger charge is -2.38. The predicted molar refractivity (Wildman–Crippen MR) is 98.1 cm³/mol. The molecule has 2 heterocycles. The topological polar surface area (TPSA) is 23.6 Å². The molecule has 126 valence electrons. The fraction of sp³-hybridized carbons (Fsp3) is 0.368. The minimum absolute atomic E-state index is 0.236. The number of fused-ring (bicyclic) bond motifs is 2. The van der Waals surface area contributed by atoms with E-state index in [-0.39, 0.29) is 6.04 Å². The first-order chi connectivity index (χ1) is 11.6. The number of benzene rings is 2. The van der Waals surface area contributed by atoms with Gasteiger partial charge in [-0.1, -0.05) is 29.8 Å². The monoisotopic (exact) mass is 360 g/mol. The predicted octanol–water partition coefficient (Wildman–Crippen LogP) is 3.35. The summed E-state index contributed by atoms with van der Waals surface area (Å²) in [6.45, 7) is 4.19. The van der Waals surface area contributed by atoms with Crippen molar-refractivity contribution in [2.45, 2.75) is 22.3 Å². The Labute approximate surface area is 150 Å². The maximum absolute atomic E-state index is 13.2. The van der Waals surface area contributed by atoms with Gasteiger partial charge in [-0.25, -0.2) is 4.21 Å². The van der Waals surface area contributed by atoms with Gasteiger partial charge in [-0.3, -0.25) is 4.90 Å². The van der Waals surface area contributed by atoms with Gasteiger partial charge in [-0.2, -0.15) is 0 Å². The lowest BCUT2D eigenvalue weighted by atomic mass is 9.96. The van der Waals surface area contributed by atoms with Gasteiger partial charge in [0, 0.05) is 47.0 Å². The van der Waals surface area contributed by atoms with Crippen molar-refractivity contribution in [1.29, 1.82) is 0 Å². The second kappa shape index (κ2) is 6.60. The van der Waals surface area contributed by atoms with Crippen LogP contribution in [0.3, 0.4) is 0 Å². The fourth-order valence-corrected chi connectivity index (χ4v) is 5.31. The number of piperazine rings is 1. The average molecular weight is 361 g/mol. The summed E-state index contributed by atoms with van der Waals surface area (Å²) in [5, 5.41) is 0.718. The lowest BCUT2D eigenvalue weighted by Crippen LogP contribution is -2.46. The minimum atomic E-state index is -1.14. The molecule has 0 aliphatic carbocycles. The molecule has 2 atom stereocenters. The maximum atomic E-state index is 13.2. The van der Waals surface area contributed by atoms with Gasteiger partial charge in [0.05, 0.1) is 10.8 Å². The normalized spacial score (nSPS) is 24.9. The van der Waals surface area contributed by atoms with Gasteiger partial charge in [0.15, 0.2) is 0 Å². The molecule has 0 saturated carbocycles. The summed E-state index contributed by atoms with van der Waals surface area (Å²) in [5.74, 6) is 0. The van der Waals surface area contributed by atoms with E-state index in [4.69, 9.17) is 11.6 Å². The highest BCUT2D eigenvalue weighted by Crippen LogP contribution is 2.38. The van der Waals surface area contributed by atoms with Crippen LogP contribution in [0, 0.1) is 0 Å².